The smallest absolute Gasteiger partial charge is 0.0967 e. The van der Waals surface area contributed by atoms with Crippen LogP contribution in [0.1, 0.15) is 9.30 Å². The summed E-state index contributed by atoms with van der Waals surface area (Å²) in [6, 6.07) is 10.2. The highest BCUT2D eigenvalue weighted by atomic mass is 79.9. The number of fused-ring (bicyclic) bond motifs is 1. The number of pyridine rings is 1. The lowest BCUT2D eigenvalue weighted by Crippen LogP contribution is -1.86. The molecule has 0 unspecified atom stereocenters. The summed E-state index contributed by atoms with van der Waals surface area (Å²) >= 11 is 6.96. The lowest BCUT2D eigenvalue weighted by molar-refractivity contribution is 1.35. The zero-order chi connectivity index (χ0) is 9.26. The minimum absolute atomic E-state index is 0.165. The number of rotatable bonds is 1. The maximum atomic E-state index is 4.34. The van der Waals surface area contributed by atoms with Crippen molar-refractivity contribution in [3.63, 3.8) is 0 Å². The van der Waals surface area contributed by atoms with Gasteiger partial charge < -0.3 is 0 Å². The lowest BCUT2D eigenvalue weighted by Gasteiger charge is -2.05. The van der Waals surface area contributed by atoms with E-state index in [2.05, 4.69) is 55.0 Å². The van der Waals surface area contributed by atoms with E-state index in [0.29, 0.717) is 0 Å². The highest BCUT2D eigenvalue weighted by Gasteiger charge is 2.06. The summed E-state index contributed by atoms with van der Waals surface area (Å²) < 4.78 is 0.165. The molecule has 2 aromatic rings. The van der Waals surface area contributed by atoms with Gasteiger partial charge in [0.25, 0.3) is 0 Å². The standard InChI is InChI=1S/C10H7Br2N/c11-10(12)8-5-1-3-7-4-2-6-13-9(7)8/h1-6,10H. The minimum atomic E-state index is 0.165. The Labute approximate surface area is 93.4 Å². The molecule has 3 heteroatoms. The van der Waals surface area contributed by atoms with Crippen LogP contribution in [0.25, 0.3) is 10.9 Å². The summed E-state index contributed by atoms with van der Waals surface area (Å²) in [6.07, 6.45) is 1.81. The Hall–Kier alpha value is -0.410. The van der Waals surface area contributed by atoms with Crippen molar-refractivity contribution in [1.29, 1.82) is 0 Å². The Balaban J connectivity index is 2.76. The second-order valence-corrected chi connectivity index (χ2v) is 5.78. The van der Waals surface area contributed by atoms with Crippen LogP contribution in [0.3, 0.4) is 0 Å². The second-order valence-electron chi connectivity index (χ2n) is 2.72. The molecule has 0 N–H and O–H groups in total. The molecule has 0 atom stereocenters. The van der Waals surface area contributed by atoms with E-state index in [-0.39, 0.29) is 3.74 Å². The van der Waals surface area contributed by atoms with E-state index in [4.69, 9.17) is 0 Å². The van der Waals surface area contributed by atoms with Crippen molar-refractivity contribution < 1.29 is 0 Å². The molecule has 1 aromatic carbocycles. The third-order valence-corrected chi connectivity index (χ3v) is 2.89. The monoisotopic (exact) mass is 299 g/mol. The van der Waals surface area contributed by atoms with Gasteiger partial charge in [0.05, 0.1) is 9.25 Å². The average Bonchev–Trinajstić information content (AvgIpc) is 2.17. The van der Waals surface area contributed by atoms with Crippen LogP contribution in [0.5, 0.6) is 0 Å². The topological polar surface area (TPSA) is 12.9 Å². The van der Waals surface area contributed by atoms with Gasteiger partial charge in [0, 0.05) is 17.1 Å². The van der Waals surface area contributed by atoms with Crippen LogP contribution in [0.15, 0.2) is 36.5 Å². The van der Waals surface area contributed by atoms with Crippen LogP contribution < -0.4 is 0 Å². The van der Waals surface area contributed by atoms with E-state index in [1.165, 1.54) is 5.39 Å². The zero-order valence-corrected chi connectivity index (χ0v) is 9.92. The van der Waals surface area contributed by atoms with Gasteiger partial charge in [-0.25, -0.2) is 0 Å². The van der Waals surface area contributed by atoms with Crippen molar-refractivity contribution >= 4 is 42.8 Å². The summed E-state index contributed by atoms with van der Waals surface area (Å²) in [4.78, 5) is 4.34. The van der Waals surface area contributed by atoms with Crippen molar-refractivity contribution in [2.24, 2.45) is 0 Å². The fourth-order valence-electron chi connectivity index (χ4n) is 1.30. The predicted molar refractivity (Wildman–Crippen MR) is 62.3 cm³/mol. The first-order valence-electron chi connectivity index (χ1n) is 3.91. The van der Waals surface area contributed by atoms with Crippen LogP contribution in [0.2, 0.25) is 0 Å². The van der Waals surface area contributed by atoms with E-state index in [0.717, 1.165) is 11.1 Å². The number of benzene rings is 1. The number of hydrogen-bond donors (Lipinski definition) is 0. The Morgan fingerprint density at radius 2 is 1.85 bits per heavy atom. The van der Waals surface area contributed by atoms with Gasteiger partial charge >= 0.3 is 0 Å². The van der Waals surface area contributed by atoms with E-state index in [1.807, 2.05) is 18.3 Å². The van der Waals surface area contributed by atoms with E-state index < -0.39 is 0 Å². The lowest BCUT2D eigenvalue weighted by atomic mass is 10.1. The fraction of sp³-hybridized carbons (Fsp3) is 0.100. The maximum Gasteiger partial charge on any atom is 0.0967 e. The van der Waals surface area contributed by atoms with Gasteiger partial charge in [-0.15, -0.1) is 0 Å². The Kier molecular flexibility index (Phi) is 2.65. The highest BCUT2D eigenvalue weighted by molar-refractivity contribution is 9.24. The molecule has 2 rings (SSSR count). The van der Waals surface area contributed by atoms with E-state index in [1.54, 1.807) is 0 Å². The van der Waals surface area contributed by atoms with Crippen LogP contribution in [-0.2, 0) is 0 Å². The number of halogens is 2. The van der Waals surface area contributed by atoms with Crippen molar-refractivity contribution in [3.8, 4) is 0 Å². The molecule has 0 saturated heterocycles. The summed E-state index contributed by atoms with van der Waals surface area (Å²) in [6.45, 7) is 0. The van der Waals surface area contributed by atoms with Crippen molar-refractivity contribution in [3.05, 3.63) is 42.1 Å². The molecule has 1 heterocycles. The maximum absolute atomic E-state index is 4.34. The molecule has 0 radical (unpaired) electrons. The quantitative estimate of drug-likeness (QED) is 0.725. The highest BCUT2D eigenvalue weighted by Crippen LogP contribution is 2.33. The van der Waals surface area contributed by atoms with Crippen LogP contribution in [0.4, 0.5) is 0 Å². The number of alkyl halides is 2. The first-order chi connectivity index (χ1) is 6.29. The normalized spacial score (nSPS) is 11.0. The molecule has 66 valence electrons. The minimum Gasteiger partial charge on any atom is -0.256 e. The molecule has 13 heavy (non-hydrogen) atoms. The van der Waals surface area contributed by atoms with Crippen LogP contribution in [0, 0.1) is 0 Å². The number of nitrogens with zero attached hydrogens (tertiary/aromatic N) is 1. The van der Waals surface area contributed by atoms with E-state index in [9.17, 15) is 0 Å². The van der Waals surface area contributed by atoms with Gasteiger partial charge in [0.2, 0.25) is 0 Å². The SMILES string of the molecule is BrC(Br)c1cccc2cccnc12. The molecule has 0 saturated carbocycles. The van der Waals surface area contributed by atoms with Gasteiger partial charge in [-0.05, 0) is 6.07 Å². The Bertz CT molecular complexity index is 421. The Morgan fingerprint density at radius 1 is 1.08 bits per heavy atom. The molecule has 0 aliphatic rings. The van der Waals surface area contributed by atoms with Gasteiger partial charge in [0.15, 0.2) is 0 Å². The molecule has 0 aliphatic heterocycles. The first-order valence-corrected chi connectivity index (χ1v) is 5.74. The van der Waals surface area contributed by atoms with Crippen LogP contribution >= 0.6 is 31.9 Å². The van der Waals surface area contributed by atoms with Gasteiger partial charge in [-0.3, -0.25) is 4.98 Å². The van der Waals surface area contributed by atoms with Gasteiger partial charge in [0.1, 0.15) is 0 Å². The van der Waals surface area contributed by atoms with Crippen LogP contribution in [-0.4, -0.2) is 4.98 Å². The third-order valence-electron chi connectivity index (χ3n) is 1.90. The molecule has 0 bridgehead atoms. The number of hydrogen-bond acceptors (Lipinski definition) is 1. The summed E-state index contributed by atoms with van der Waals surface area (Å²) in [5, 5.41) is 1.17. The molecular formula is C10H7Br2N. The second kappa shape index (κ2) is 3.76. The first kappa shape index (κ1) is 9.16. The van der Waals surface area contributed by atoms with Gasteiger partial charge in [-0.1, -0.05) is 56.1 Å². The molecule has 0 amide bonds. The number of para-hydroxylation sites is 1. The largest absolute Gasteiger partial charge is 0.256 e. The molecule has 0 aliphatic carbocycles. The molecule has 1 nitrogen and oxygen atoms in total. The Morgan fingerprint density at radius 3 is 2.62 bits per heavy atom. The van der Waals surface area contributed by atoms with Crippen molar-refractivity contribution in [2.45, 2.75) is 3.74 Å². The zero-order valence-electron chi connectivity index (χ0n) is 6.74. The predicted octanol–water partition coefficient (Wildman–Crippen LogP) is 4.02. The molecule has 0 spiro atoms. The average molecular weight is 301 g/mol. The van der Waals surface area contributed by atoms with Gasteiger partial charge in [-0.2, -0.15) is 0 Å². The molecular weight excluding hydrogens is 294 g/mol. The summed E-state index contributed by atoms with van der Waals surface area (Å²) in [7, 11) is 0. The summed E-state index contributed by atoms with van der Waals surface area (Å²) in [5.41, 5.74) is 2.21. The van der Waals surface area contributed by atoms with E-state index >= 15 is 0 Å². The molecule has 1 aromatic heterocycles. The fourth-order valence-corrected chi connectivity index (χ4v) is 2.04. The summed E-state index contributed by atoms with van der Waals surface area (Å²) in [5.74, 6) is 0. The molecule has 0 fully saturated rings. The number of aromatic nitrogens is 1. The third kappa shape index (κ3) is 1.76. The van der Waals surface area contributed by atoms with Crippen molar-refractivity contribution in [1.82, 2.24) is 4.98 Å². The van der Waals surface area contributed by atoms with Crippen molar-refractivity contribution in [2.75, 3.05) is 0 Å².